The number of nitrogens with one attached hydrogen (secondary N) is 1. The number of amides is 1. The molecule has 0 aliphatic heterocycles. The van der Waals surface area contributed by atoms with E-state index in [-0.39, 0.29) is 12.5 Å². The summed E-state index contributed by atoms with van der Waals surface area (Å²) >= 11 is 1.70. The number of benzene rings is 3. The van der Waals surface area contributed by atoms with E-state index in [0.29, 0.717) is 6.54 Å². The Kier molecular flexibility index (Phi) is 6.44. The number of nitrogens with zero attached hydrogens (tertiary/aromatic N) is 4. The highest BCUT2D eigenvalue weighted by molar-refractivity contribution is 7.97. The lowest BCUT2D eigenvalue weighted by Gasteiger charge is -2.10. The van der Waals surface area contributed by atoms with Crippen LogP contribution in [0.5, 0.6) is 0 Å². The highest BCUT2D eigenvalue weighted by Gasteiger charge is 2.16. The fourth-order valence-electron chi connectivity index (χ4n) is 4.03. The summed E-state index contributed by atoms with van der Waals surface area (Å²) in [6, 6.07) is 28.0. The maximum Gasteiger partial charge on any atom is 0.240 e. The molecular formula is C27H25N5OS. The van der Waals surface area contributed by atoms with Gasteiger partial charge in [-0.15, -0.1) is 0 Å². The summed E-state index contributed by atoms with van der Waals surface area (Å²) in [6.45, 7) is 0.615. The van der Waals surface area contributed by atoms with Gasteiger partial charge in [0.2, 0.25) is 5.91 Å². The van der Waals surface area contributed by atoms with Crippen LogP contribution < -0.4 is 5.32 Å². The van der Waals surface area contributed by atoms with E-state index < -0.39 is 0 Å². The molecule has 170 valence electrons. The van der Waals surface area contributed by atoms with Crippen molar-refractivity contribution in [1.82, 2.24) is 24.6 Å². The molecule has 0 unspecified atom stereocenters. The zero-order valence-corrected chi connectivity index (χ0v) is 19.7. The quantitative estimate of drug-likeness (QED) is 0.346. The number of aromatic nitrogens is 4. The van der Waals surface area contributed by atoms with Crippen molar-refractivity contribution in [3.05, 3.63) is 103 Å². The summed E-state index contributed by atoms with van der Waals surface area (Å²) in [4.78, 5) is 17.7. The van der Waals surface area contributed by atoms with Crippen molar-refractivity contribution in [3.63, 3.8) is 0 Å². The standard InChI is InChI=1S/C27H25N5OS/c1-34-19-25-29-23-14-8-9-15-24(23)31(25)18-26(33)28-16-21-17-32(22-12-6-3-7-13-22)30-27(21)20-10-4-2-5-11-20/h2-15,17H,16,18-19H2,1H3,(H,28,33). The van der Waals surface area contributed by atoms with E-state index in [0.717, 1.165) is 45.1 Å². The lowest BCUT2D eigenvalue weighted by Crippen LogP contribution is -2.27. The van der Waals surface area contributed by atoms with Crippen molar-refractivity contribution >= 4 is 28.7 Å². The molecule has 6 nitrogen and oxygen atoms in total. The van der Waals surface area contributed by atoms with E-state index in [2.05, 4.69) is 5.32 Å². The first kappa shape index (κ1) is 22.0. The smallest absolute Gasteiger partial charge is 0.240 e. The molecule has 0 aliphatic carbocycles. The zero-order chi connectivity index (χ0) is 23.3. The summed E-state index contributed by atoms with van der Waals surface area (Å²) in [5.74, 6) is 1.60. The number of carbonyl (C=O) groups is 1. The first-order valence-electron chi connectivity index (χ1n) is 11.1. The Bertz CT molecular complexity index is 1410. The van der Waals surface area contributed by atoms with Gasteiger partial charge >= 0.3 is 0 Å². The van der Waals surface area contributed by atoms with Crippen LogP contribution in [0, 0.1) is 0 Å². The van der Waals surface area contributed by atoms with Crippen LogP contribution in [0.15, 0.2) is 91.1 Å². The molecule has 3 aromatic carbocycles. The number of hydrogen-bond donors (Lipinski definition) is 1. The lowest BCUT2D eigenvalue weighted by molar-refractivity contribution is -0.121. The molecule has 0 aliphatic rings. The molecule has 0 bridgehead atoms. The monoisotopic (exact) mass is 467 g/mol. The number of para-hydroxylation sites is 3. The molecule has 5 aromatic rings. The van der Waals surface area contributed by atoms with E-state index in [1.165, 1.54) is 0 Å². The van der Waals surface area contributed by atoms with Crippen LogP contribution in [-0.4, -0.2) is 31.5 Å². The summed E-state index contributed by atoms with van der Waals surface area (Å²) in [5, 5.41) is 7.93. The van der Waals surface area contributed by atoms with Crippen LogP contribution in [0.4, 0.5) is 0 Å². The van der Waals surface area contributed by atoms with Crippen LogP contribution in [0.1, 0.15) is 11.4 Å². The minimum absolute atomic E-state index is 0.0584. The van der Waals surface area contributed by atoms with Crippen LogP contribution in [0.25, 0.3) is 28.0 Å². The third-order valence-corrected chi connectivity index (χ3v) is 6.19. The van der Waals surface area contributed by atoms with Gasteiger partial charge in [0, 0.05) is 23.9 Å². The third kappa shape index (κ3) is 4.61. The van der Waals surface area contributed by atoms with E-state index in [1.54, 1.807) is 11.8 Å². The average Bonchev–Trinajstić information content (AvgIpc) is 3.46. The molecule has 34 heavy (non-hydrogen) atoms. The van der Waals surface area contributed by atoms with Gasteiger partial charge in [0.1, 0.15) is 12.4 Å². The van der Waals surface area contributed by atoms with Gasteiger partial charge in [0.25, 0.3) is 0 Å². The van der Waals surface area contributed by atoms with Gasteiger partial charge in [-0.3, -0.25) is 4.79 Å². The Balaban J connectivity index is 1.39. The summed E-state index contributed by atoms with van der Waals surface area (Å²) in [7, 11) is 0. The van der Waals surface area contributed by atoms with Gasteiger partial charge in [0.05, 0.1) is 28.2 Å². The molecule has 0 fully saturated rings. The third-order valence-electron chi connectivity index (χ3n) is 5.64. The Morgan fingerprint density at radius 3 is 2.41 bits per heavy atom. The topological polar surface area (TPSA) is 64.7 Å². The van der Waals surface area contributed by atoms with Crippen LogP contribution >= 0.6 is 11.8 Å². The number of fused-ring (bicyclic) bond motifs is 1. The summed E-state index contributed by atoms with van der Waals surface area (Å²) < 4.78 is 3.87. The molecular weight excluding hydrogens is 442 g/mol. The number of carbonyl (C=O) groups excluding carboxylic acids is 1. The number of hydrogen-bond acceptors (Lipinski definition) is 4. The number of imidazole rings is 1. The zero-order valence-electron chi connectivity index (χ0n) is 18.9. The molecule has 0 saturated carbocycles. The van der Waals surface area contributed by atoms with Crippen molar-refractivity contribution in [3.8, 4) is 16.9 Å². The van der Waals surface area contributed by atoms with E-state index in [9.17, 15) is 4.79 Å². The van der Waals surface area contributed by atoms with E-state index >= 15 is 0 Å². The van der Waals surface area contributed by atoms with Crippen molar-refractivity contribution in [2.75, 3.05) is 6.26 Å². The first-order valence-corrected chi connectivity index (χ1v) is 12.5. The van der Waals surface area contributed by atoms with Crippen LogP contribution in [-0.2, 0) is 23.6 Å². The van der Waals surface area contributed by atoms with Crippen LogP contribution in [0.2, 0.25) is 0 Å². The Morgan fingerprint density at radius 2 is 1.65 bits per heavy atom. The van der Waals surface area contributed by atoms with Crippen molar-refractivity contribution < 1.29 is 4.79 Å². The second kappa shape index (κ2) is 9.97. The van der Waals surface area contributed by atoms with Gasteiger partial charge in [-0.1, -0.05) is 60.7 Å². The second-order valence-electron chi connectivity index (χ2n) is 7.96. The summed E-state index contributed by atoms with van der Waals surface area (Å²) in [6.07, 6.45) is 4.03. The molecule has 0 radical (unpaired) electrons. The maximum absolute atomic E-state index is 13.0. The highest BCUT2D eigenvalue weighted by Crippen LogP contribution is 2.24. The molecule has 7 heteroatoms. The number of rotatable bonds is 8. The minimum atomic E-state index is -0.0584. The second-order valence-corrected chi connectivity index (χ2v) is 8.83. The largest absolute Gasteiger partial charge is 0.350 e. The maximum atomic E-state index is 13.0. The van der Waals surface area contributed by atoms with Crippen molar-refractivity contribution in [2.24, 2.45) is 0 Å². The lowest BCUT2D eigenvalue weighted by atomic mass is 10.1. The van der Waals surface area contributed by atoms with E-state index in [1.807, 2.05) is 107 Å². The van der Waals surface area contributed by atoms with E-state index in [4.69, 9.17) is 10.1 Å². The van der Waals surface area contributed by atoms with Gasteiger partial charge in [-0.25, -0.2) is 9.67 Å². The fourth-order valence-corrected chi connectivity index (χ4v) is 4.50. The number of thioether (sulfide) groups is 1. The normalized spacial score (nSPS) is 11.1. The molecule has 2 aromatic heterocycles. The van der Waals surface area contributed by atoms with Crippen LogP contribution in [0.3, 0.4) is 0 Å². The predicted octanol–water partition coefficient (Wildman–Crippen LogP) is 5.07. The SMILES string of the molecule is CSCc1nc2ccccc2n1CC(=O)NCc1cn(-c2ccccc2)nc1-c1ccccc1. The Labute approximate surface area is 202 Å². The molecule has 0 saturated heterocycles. The molecule has 5 rings (SSSR count). The minimum Gasteiger partial charge on any atom is -0.350 e. The first-order chi connectivity index (χ1) is 16.7. The molecule has 1 amide bonds. The van der Waals surface area contributed by atoms with Crippen molar-refractivity contribution in [2.45, 2.75) is 18.8 Å². The molecule has 2 heterocycles. The highest BCUT2D eigenvalue weighted by atomic mass is 32.2. The fraction of sp³-hybridized carbons (Fsp3) is 0.148. The predicted molar refractivity (Wildman–Crippen MR) is 138 cm³/mol. The van der Waals surface area contributed by atoms with Crippen molar-refractivity contribution in [1.29, 1.82) is 0 Å². The van der Waals surface area contributed by atoms with Gasteiger partial charge in [-0.2, -0.15) is 16.9 Å². The van der Waals surface area contributed by atoms with Gasteiger partial charge in [-0.05, 0) is 30.5 Å². The molecule has 0 atom stereocenters. The van der Waals surface area contributed by atoms with Gasteiger partial charge < -0.3 is 9.88 Å². The Morgan fingerprint density at radius 1 is 0.941 bits per heavy atom. The molecule has 1 N–H and O–H groups in total. The molecule has 0 spiro atoms. The van der Waals surface area contributed by atoms with Gasteiger partial charge in [0.15, 0.2) is 0 Å². The average molecular weight is 468 g/mol. The summed E-state index contributed by atoms with van der Waals surface area (Å²) in [5.41, 5.74) is 5.70. The Hall–Kier alpha value is -3.84.